The number of rotatable bonds is 1. The molecule has 0 spiro atoms. The molecule has 0 nitrogen and oxygen atoms in total. The van der Waals surface area contributed by atoms with Crippen molar-refractivity contribution < 1.29 is 0 Å². The first-order chi connectivity index (χ1) is 6.00. The van der Waals surface area contributed by atoms with Gasteiger partial charge in [0.1, 0.15) is 0 Å². The van der Waals surface area contributed by atoms with Crippen LogP contribution in [0.5, 0.6) is 0 Å². The summed E-state index contributed by atoms with van der Waals surface area (Å²) in [4.78, 5) is 0. The number of hydrogen-bond acceptors (Lipinski definition) is 0. The molecule has 0 radical (unpaired) electrons. The van der Waals surface area contributed by atoms with Crippen molar-refractivity contribution in [2.75, 3.05) is 0 Å². The summed E-state index contributed by atoms with van der Waals surface area (Å²) in [6.45, 7) is 1.75. The Bertz CT molecular complexity index is 316. The minimum Gasteiger partial charge on any atom is -0.121 e. The van der Waals surface area contributed by atoms with Crippen LogP contribution in [0.3, 0.4) is 0 Å². The molecule has 0 aliphatic carbocycles. The highest BCUT2D eigenvalue weighted by Crippen LogP contribution is 2.41. The SMILES string of the molecule is Cc1c(Cl)c(Cl)c(CCl)c(Cl)c1Cl. The fraction of sp³-hybridized carbons (Fsp3) is 0.250. The van der Waals surface area contributed by atoms with Gasteiger partial charge in [0.2, 0.25) is 0 Å². The Morgan fingerprint density at radius 2 is 1.23 bits per heavy atom. The van der Waals surface area contributed by atoms with E-state index in [4.69, 9.17) is 58.0 Å². The molecule has 0 atom stereocenters. The van der Waals surface area contributed by atoms with Crippen LogP contribution >= 0.6 is 58.0 Å². The van der Waals surface area contributed by atoms with Gasteiger partial charge in [0.05, 0.1) is 26.0 Å². The lowest BCUT2D eigenvalue weighted by Gasteiger charge is -2.10. The Balaban J connectivity index is 3.56. The predicted octanol–water partition coefficient (Wildman–Crippen LogP) is 5.35. The summed E-state index contributed by atoms with van der Waals surface area (Å²) in [5, 5.41) is 1.57. The second-order valence-corrected chi connectivity index (χ2v) is 4.27. The van der Waals surface area contributed by atoms with Crippen molar-refractivity contribution in [2.45, 2.75) is 12.8 Å². The van der Waals surface area contributed by atoms with E-state index in [1.807, 2.05) is 0 Å². The van der Waals surface area contributed by atoms with E-state index < -0.39 is 0 Å². The van der Waals surface area contributed by atoms with Gasteiger partial charge in [-0.25, -0.2) is 0 Å². The summed E-state index contributed by atoms with van der Waals surface area (Å²) < 4.78 is 0. The number of hydrogen-bond donors (Lipinski definition) is 0. The minimum atomic E-state index is 0.192. The van der Waals surface area contributed by atoms with E-state index in [-0.39, 0.29) is 5.88 Å². The van der Waals surface area contributed by atoms with E-state index in [2.05, 4.69) is 0 Å². The van der Waals surface area contributed by atoms with Crippen LogP contribution in [0, 0.1) is 6.92 Å². The Hall–Kier alpha value is 0.670. The van der Waals surface area contributed by atoms with Gasteiger partial charge in [-0.1, -0.05) is 46.4 Å². The minimum absolute atomic E-state index is 0.192. The number of halogens is 5. The lowest BCUT2D eigenvalue weighted by molar-refractivity contribution is 1.36. The first kappa shape index (κ1) is 11.7. The summed E-state index contributed by atoms with van der Waals surface area (Å²) in [6, 6.07) is 0. The van der Waals surface area contributed by atoms with Gasteiger partial charge < -0.3 is 0 Å². The molecule has 1 aromatic rings. The molecule has 1 aromatic carbocycles. The zero-order valence-corrected chi connectivity index (χ0v) is 10.4. The molecule has 0 amide bonds. The monoisotopic (exact) mass is 276 g/mol. The van der Waals surface area contributed by atoms with Gasteiger partial charge in [-0.3, -0.25) is 0 Å². The van der Waals surface area contributed by atoms with Crippen LogP contribution in [0.1, 0.15) is 11.1 Å². The number of alkyl halides is 1. The molecule has 0 heterocycles. The van der Waals surface area contributed by atoms with Gasteiger partial charge in [-0.05, 0) is 12.5 Å². The van der Waals surface area contributed by atoms with E-state index in [1.165, 1.54) is 0 Å². The summed E-state index contributed by atoms with van der Waals surface area (Å²) in [5.74, 6) is 0.192. The summed E-state index contributed by atoms with van der Waals surface area (Å²) in [7, 11) is 0. The molecule has 0 bridgehead atoms. The Morgan fingerprint density at radius 1 is 0.846 bits per heavy atom. The zero-order valence-electron chi connectivity index (χ0n) is 6.60. The largest absolute Gasteiger partial charge is 0.121 e. The molecule has 1 rings (SSSR count). The lowest BCUT2D eigenvalue weighted by Crippen LogP contribution is -1.89. The zero-order chi connectivity index (χ0) is 10.2. The third kappa shape index (κ3) is 2.03. The molecule has 13 heavy (non-hydrogen) atoms. The molecule has 0 saturated heterocycles. The van der Waals surface area contributed by atoms with Crippen molar-refractivity contribution in [3.05, 3.63) is 31.2 Å². The Labute approximate surface area is 102 Å². The summed E-state index contributed by atoms with van der Waals surface area (Å²) >= 11 is 29.3. The van der Waals surface area contributed by atoms with Crippen LogP contribution in [0.2, 0.25) is 20.1 Å². The quantitative estimate of drug-likeness (QED) is 0.480. The smallest absolute Gasteiger partial charge is 0.0655 e. The average molecular weight is 278 g/mol. The van der Waals surface area contributed by atoms with Gasteiger partial charge in [-0.2, -0.15) is 0 Å². The van der Waals surface area contributed by atoms with Crippen molar-refractivity contribution >= 4 is 58.0 Å². The van der Waals surface area contributed by atoms with Crippen molar-refractivity contribution in [1.82, 2.24) is 0 Å². The van der Waals surface area contributed by atoms with Crippen LogP contribution in [0.25, 0.3) is 0 Å². The molecule has 0 aliphatic heterocycles. The van der Waals surface area contributed by atoms with Crippen molar-refractivity contribution in [1.29, 1.82) is 0 Å². The highest BCUT2D eigenvalue weighted by Gasteiger charge is 2.16. The molecular weight excluding hydrogens is 273 g/mol. The van der Waals surface area contributed by atoms with Crippen LogP contribution < -0.4 is 0 Å². The van der Waals surface area contributed by atoms with Gasteiger partial charge in [0, 0.05) is 5.56 Å². The van der Waals surface area contributed by atoms with Gasteiger partial charge in [0.25, 0.3) is 0 Å². The van der Waals surface area contributed by atoms with Crippen molar-refractivity contribution in [3.8, 4) is 0 Å². The molecule has 72 valence electrons. The molecule has 0 saturated carbocycles. The first-order valence-corrected chi connectivity index (χ1v) is 5.42. The summed E-state index contributed by atoms with van der Waals surface area (Å²) in [6.07, 6.45) is 0. The maximum absolute atomic E-state index is 5.92. The third-order valence-corrected chi connectivity index (χ3v) is 3.95. The van der Waals surface area contributed by atoms with Crippen LogP contribution in [-0.2, 0) is 5.88 Å². The highest BCUT2D eigenvalue weighted by atomic mass is 35.5. The normalized spacial score (nSPS) is 10.6. The molecule has 0 aliphatic rings. The molecule has 0 aromatic heterocycles. The maximum Gasteiger partial charge on any atom is 0.0655 e. The second-order valence-electron chi connectivity index (χ2n) is 2.49. The van der Waals surface area contributed by atoms with Crippen LogP contribution in [0.15, 0.2) is 0 Å². The molecule has 5 heteroatoms. The fourth-order valence-electron chi connectivity index (χ4n) is 0.904. The maximum atomic E-state index is 5.92. The van der Waals surface area contributed by atoms with Crippen LogP contribution in [0.4, 0.5) is 0 Å². The fourth-order valence-corrected chi connectivity index (χ4v) is 2.43. The molecule has 0 fully saturated rings. The second kappa shape index (κ2) is 4.46. The van der Waals surface area contributed by atoms with E-state index in [0.29, 0.717) is 31.2 Å². The molecule has 0 unspecified atom stereocenters. The topological polar surface area (TPSA) is 0 Å². The molecule has 0 N–H and O–H groups in total. The van der Waals surface area contributed by atoms with E-state index in [0.717, 1.165) is 0 Å². The Kier molecular flexibility index (Phi) is 4.03. The van der Waals surface area contributed by atoms with Gasteiger partial charge in [-0.15, -0.1) is 11.6 Å². The third-order valence-electron chi connectivity index (χ3n) is 1.71. The predicted molar refractivity (Wildman–Crippen MR) is 60.8 cm³/mol. The highest BCUT2D eigenvalue weighted by molar-refractivity contribution is 6.49. The van der Waals surface area contributed by atoms with Gasteiger partial charge in [0.15, 0.2) is 0 Å². The summed E-state index contributed by atoms with van der Waals surface area (Å²) in [5.41, 5.74) is 1.25. The standard InChI is InChI=1S/C8H5Cl5/c1-3-5(10)7(12)4(2-9)8(13)6(3)11/h2H2,1H3. The van der Waals surface area contributed by atoms with E-state index >= 15 is 0 Å². The van der Waals surface area contributed by atoms with E-state index in [1.54, 1.807) is 6.92 Å². The lowest BCUT2D eigenvalue weighted by atomic mass is 10.1. The first-order valence-electron chi connectivity index (χ1n) is 3.38. The average Bonchev–Trinajstić information content (AvgIpc) is 2.13. The van der Waals surface area contributed by atoms with Crippen molar-refractivity contribution in [3.63, 3.8) is 0 Å². The van der Waals surface area contributed by atoms with E-state index in [9.17, 15) is 0 Å². The van der Waals surface area contributed by atoms with Gasteiger partial charge >= 0.3 is 0 Å². The number of benzene rings is 1. The molecular formula is C8H5Cl5. The van der Waals surface area contributed by atoms with Crippen LogP contribution in [-0.4, -0.2) is 0 Å². The van der Waals surface area contributed by atoms with Crippen molar-refractivity contribution in [2.24, 2.45) is 0 Å². The Morgan fingerprint density at radius 3 is 1.54 bits per heavy atom.